The first kappa shape index (κ1) is 26.7. The lowest BCUT2D eigenvalue weighted by Crippen LogP contribution is -2.33. The van der Waals surface area contributed by atoms with Crippen LogP contribution in [0.1, 0.15) is 64.4 Å². The van der Waals surface area contributed by atoms with Crippen molar-refractivity contribution in [1.29, 1.82) is 0 Å². The predicted molar refractivity (Wildman–Crippen MR) is 131 cm³/mol. The van der Waals surface area contributed by atoms with Gasteiger partial charge in [-0.15, -0.1) is 0 Å². The first-order chi connectivity index (χ1) is 17.7. The van der Waals surface area contributed by atoms with Crippen molar-refractivity contribution in [1.82, 2.24) is 0 Å². The minimum Gasteiger partial charge on any atom is -0.393 e. The molecule has 9 heteroatoms. The largest absolute Gasteiger partial charge is 0.393 e. The van der Waals surface area contributed by atoms with Gasteiger partial charge >= 0.3 is 23.9 Å². The Hall–Kier alpha value is -3.36. The molecule has 0 spiro atoms. The standard InChI is InChI=1S/C18H21NO4.C10H12O4/c1-2-3-11-4-7-13(8-5-11)19-16(20)12-6-9-14-15(10-12)18(22)23-17(14)21;1-5(11)6-2-3-7-8(4-6)10(13)14-9(7)12/h4-5,7-8,12,14-15H,2-3,6,9-10H2,1H3,(H,19,20);6-8H,2-4H2,1H3. The normalized spacial score (nSPS) is 30.3. The quantitative estimate of drug-likeness (QED) is 0.470. The van der Waals surface area contributed by atoms with E-state index in [1.807, 2.05) is 24.3 Å². The van der Waals surface area contributed by atoms with E-state index in [1.54, 1.807) is 0 Å². The van der Waals surface area contributed by atoms with Crippen molar-refractivity contribution in [3.63, 3.8) is 0 Å². The van der Waals surface area contributed by atoms with Crippen LogP contribution in [0, 0.1) is 35.5 Å². The van der Waals surface area contributed by atoms with Gasteiger partial charge in [-0.1, -0.05) is 25.5 Å². The number of esters is 4. The predicted octanol–water partition coefficient (Wildman–Crippen LogP) is 3.38. The average molecular weight is 512 g/mol. The Morgan fingerprint density at radius 1 is 0.757 bits per heavy atom. The van der Waals surface area contributed by atoms with Gasteiger partial charge in [0.1, 0.15) is 5.78 Å². The zero-order valence-corrected chi connectivity index (χ0v) is 21.2. The van der Waals surface area contributed by atoms with Gasteiger partial charge < -0.3 is 14.8 Å². The number of carbonyl (C=O) groups is 6. The van der Waals surface area contributed by atoms with Gasteiger partial charge in [-0.05, 0) is 69.6 Å². The molecule has 6 atom stereocenters. The summed E-state index contributed by atoms with van der Waals surface area (Å²) in [7, 11) is 0. The highest BCUT2D eigenvalue weighted by molar-refractivity contribution is 5.98. The van der Waals surface area contributed by atoms with Crippen LogP contribution in [0.3, 0.4) is 0 Å². The number of fused-ring (bicyclic) bond motifs is 2. The smallest absolute Gasteiger partial charge is 0.317 e. The van der Waals surface area contributed by atoms with Crippen molar-refractivity contribution in [3.8, 4) is 0 Å². The molecule has 0 bridgehead atoms. The molecular weight excluding hydrogens is 478 g/mol. The third-order valence-electron chi connectivity index (χ3n) is 8.02. The first-order valence-electron chi connectivity index (χ1n) is 13.1. The van der Waals surface area contributed by atoms with E-state index in [-0.39, 0.29) is 41.3 Å². The molecule has 2 saturated heterocycles. The Kier molecular flexibility index (Phi) is 8.19. The molecule has 5 rings (SSSR count). The van der Waals surface area contributed by atoms with Gasteiger partial charge in [-0.25, -0.2) is 0 Å². The molecule has 4 aliphatic rings. The van der Waals surface area contributed by atoms with Gasteiger partial charge in [0.05, 0.1) is 23.7 Å². The monoisotopic (exact) mass is 511 g/mol. The number of anilines is 1. The maximum atomic E-state index is 12.4. The van der Waals surface area contributed by atoms with Crippen LogP contribution in [0.25, 0.3) is 0 Å². The highest BCUT2D eigenvalue weighted by atomic mass is 16.6. The molecule has 198 valence electrons. The molecule has 6 unspecified atom stereocenters. The topological polar surface area (TPSA) is 133 Å². The van der Waals surface area contributed by atoms with Crippen molar-refractivity contribution in [3.05, 3.63) is 29.8 Å². The van der Waals surface area contributed by atoms with E-state index < -0.39 is 29.8 Å². The fraction of sp³-hybridized carbons (Fsp3) is 0.571. The minimum absolute atomic E-state index is 0.0605. The van der Waals surface area contributed by atoms with E-state index >= 15 is 0 Å². The van der Waals surface area contributed by atoms with E-state index in [4.69, 9.17) is 0 Å². The number of aryl methyl sites for hydroxylation is 1. The van der Waals surface area contributed by atoms with E-state index in [0.29, 0.717) is 38.5 Å². The highest BCUT2D eigenvalue weighted by Crippen LogP contribution is 2.40. The van der Waals surface area contributed by atoms with Crippen molar-refractivity contribution >= 4 is 41.3 Å². The number of amides is 1. The fourth-order valence-corrected chi connectivity index (χ4v) is 5.82. The lowest BCUT2D eigenvalue weighted by atomic mass is 9.74. The van der Waals surface area contributed by atoms with Crippen LogP contribution in [0.5, 0.6) is 0 Å². The van der Waals surface area contributed by atoms with Crippen LogP contribution >= 0.6 is 0 Å². The summed E-state index contributed by atoms with van der Waals surface area (Å²) in [5, 5.41) is 2.91. The minimum atomic E-state index is -0.471. The van der Waals surface area contributed by atoms with E-state index in [1.165, 1.54) is 12.5 Å². The Morgan fingerprint density at radius 3 is 1.76 bits per heavy atom. The molecule has 0 aromatic heterocycles. The van der Waals surface area contributed by atoms with Crippen LogP contribution in [-0.4, -0.2) is 35.6 Å². The molecule has 1 aromatic rings. The van der Waals surface area contributed by atoms with Crippen LogP contribution in [-0.2, 0) is 44.7 Å². The maximum absolute atomic E-state index is 12.4. The van der Waals surface area contributed by atoms with Gasteiger partial charge in [0.15, 0.2) is 0 Å². The fourth-order valence-electron chi connectivity index (χ4n) is 5.82. The number of rotatable bonds is 5. The summed E-state index contributed by atoms with van der Waals surface area (Å²) in [6, 6.07) is 7.84. The molecule has 2 aliphatic heterocycles. The number of hydrogen-bond donors (Lipinski definition) is 1. The Bertz CT molecular complexity index is 1090. The van der Waals surface area contributed by atoms with Gasteiger partial charge in [-0.3, -0.25) is 28.8 Å². The molecule has 1 aromatic carbocycles. The molecule has 1 amide bonds. The van der Waals surface area contributed by atoms with Crippen molar-refractivity contribution in [2.24, 2.45) is 35.5 Å². The molecular formula is C28H33NO8. The van der Waals surface area contributed by atoms with Gasteiger partial charge in [-0.2, -0.15) is 0 Å². The summed E-state index contributed by atoms with van der Waals surface area (Å²) in [5.41, 5.74) is 2.01. The van der Waals surface area contributed by atoms with Crippen molar-refractivity contribution in [2.75, 3.05) is 5.32 Å². The summed E-state index contributed by atoms with van der Waals surface area (Å²) >= 11 is 0. The second kappa shape index (κ2) is 11.4. The van der Waals surface area contributed by atoms with E-state index in [0.717, 1.165) is 18.5 Å². The van der Waals surface area contributed by atoms with Crippen molar-refractivity contribution in [2.45, 2.75) is 65.2 Å². The number of Topliss-reactive ketones (excluding diaryl/α,β-unsaturated/α-hetero) is 1. The number of ether oxygens (including phenoxy) is 2. The third-order valence-corrected chi connectivity index (χ3v) is 8.02. The average Bonchev–Trinajstić information content (AvgIpc) is 3.33. The molecule has 2 heterocycles. The van der Waals surface area contributed by atoms with Crippen LogP contribution in [0.2, 0.25) is 0 Å². The Labute approximate surface area is 215 Å². The zero-order valence-electron chi connectivity index (χ0n) is 21.2. The lowest BCUT2D eigenvalue weighted by Gasteiger charge is -2.26. The first-order valence-corrected chi connectivity index (χ1v) is 13.1. The van der Waals surface area contributed by atoms with E-state index in [9.17, 15) is 28.8 Å². The van der Waals surface area contributed by atoms with Gasteiger partial charge in [0, 0.05) is 17.5 Å². The number of carbonyl (C=O) groups excluding carboxylic acids is 6. The van der Waals surface area contributed by atoms with Crippen LogP contribution < -0.4 is 5.32 Å². The Balaban J connectivity index is 0.000000195. The van der Waals surface area contributed by atoms with Gasteiger partial charge in [0.25, 0.3) is 0 Å². The molecule has 9 nitrogen and oxygen atoms in total. The van der Waals surface area contributed by atoms with E-state index in [2.05, 4.69) is 21.7 Å². The number of nitrogens with one attached hydrogen (secondary N) is 1. The van der Waals surface area contributed by atoms with Crippen LogP contribution in [0.4, 0.5) is 5.69 Å². The maximum Gasteiger partial charge on any atom is 0.317 e. The SMILES string of the molecule is CC(=O)C1CCC2C(=O)OC(=O)C2C1.CCCc1ccc(NC(=O)C2CCC3C(=O)OC(=O)C3C2)cc1. The lowest BCUT2D eigenvalue weighted by molar-refractivity contribution is -0.155. The summed E-state index contributed by atoms with van der Waals surface area (Å²) in [6.07, 6.45) is 5.48. The molecule has 4 fully saturated rings. The number of benzene rings is 1. The number of cyclic esters (lactones) is 4. The highest BCUT2D eigenvalue weighted by Gasteiger charge is 2.49. The third kappa shape index (κ3) is 5.97. The zero-order chi connectivity index (χ0) is 26.7. The molecule has 37 heavy (non-hydrogen) atoms. The summed E-state index contributed by atoms with van der Waals surface area (Å²) in [5.74, 6) is -3.45. The second-order valence-corrected chi connectivity index (χ2v) is 10.5. The second-order valence-electron chi connectivity index (χ2n) is 10.5. The van der Waals surface area contributed by atoms with Crippen LogP contribution in [0.15, 0.2) is 24.3 Å². The summed E-state index contributed by atoms with van der Waals surface area (Å²) in [6.45, 7) is 3.66. The van der Waals surface area contributed by atoms with Gasteiger partial charge in [0.2, 0.25) is 5.91 Å². The van der Waals surface area contributed by atoms with Crippen molar-refractivity contribution < 1.29 is 38.2 Å². The molecule has 2 aliphatic carbocycles. The summed E-state index contributed by atoms with van der Waals surface area (Å²) < 4.78 is 9.23. The molecule has 2 saturated carbocycles. The molecule has 0 radical (unpaired) electrons. The molecule has 1 N–H and O–H groups in total. The number of hydrogen-bond acceptors (Lipinski definition) is 8. The number of ketones is 1. The Morgan fingerprint density at radius 2 is 1.24 bits per heavy atom. The summed E-state index contributed by atoms with van der Waals surface area (Å²) in [4.78, 5) is 69.1.